The Morgan fingerprint density at radius 1 is 1.08 bits per heavy atom. The van der Waals surface area contributed by atoms with E-state index in [2.05, 4.69) is 34.6 Å². The first-order valence-corrected chi connectivity index (χ1v) is 11.4. The molecular formula is C24H42O2. The molecule has 3 aliphatic rings. The Bertz CT molecular complexity index is 512. The quantitative estimate of drug-likeness (QED) is 0.525. The van der Waals surface area contributed by atoms with Gasteiger partial charge < -0.3 is 4.74 Å². The molecule has 0 N–H and O–H groups in total. The van der Waals surface area contributed by atoms with Crippen LogP contribution in [0.5, 0.6) is 0 Å². The molecule has 2 nitrogen and oxygen atoms in total. The molecule has 3 saturated carbocycles. The predicted octanol–water partition coefficient (Wildman–Crippen LogP) is 6.62. The first kappa shape index (κ1) is 20.2. The first-order chi connectivity index (χ1) is 12.2. The molecule has 0 aromatic rings. The van der Waals surface area contributed by atoms with Gasteiger partial charge in [-0.05, 0) is 100 Å². The van der Waals surface area contributed by atoms with Crippen LogP contribution in [0.15, 0.2) is 0 Å². The van der Waals surface area contributed by atoms with Gasteiger partial charge >= 0.3 is 5.97 Å². The van der Waals surface area contributed by atoms with Crippen LogP contribution in [0, 0.1) is 40.4 Å². The molecule has 0 spiro atoms. The van der Waals surface area contributed by atoms with Crippen molar-refractivity contribution in [3.8, 4) is 0 Å². The lowest BCUT2D eigenvalue weighted by Gasteiger charge is -2.61. The van der Waals surface area contributed by atoms with Crippen LogP contribution in [0.2, 0.25) is 0 Å². The van der Waals surface area contributed by atoms with Crippen LogP contribution in [0.25, 0.3) is 0 Å². The maximum absolute atomic E-state index is 13.2. The smallest absolute Gasteiger partial charge is 0.312 e. The summed E-state index contributed by atoms with van der Waals surface area (Å²) < 4.78 is 5.88. The largest absolute Gasteiger partial charge is 0.462 e. The zero-order valence-electron chi connectivity index (χ0n) is 18.1. The van der Waals surface area contributed by atoms with Gasteiger partial charge in [0.25, 0.3) is 0 Å². The minimum absolute atomic E-state index is 0.0466. The molecule has 0 amide bonds. The predicted molar refractivity (Wildman–Crippen MR) is 108 cm³/mol. The number of rotatable bonds is 4. The average Bonchev–Trinajstić information content (AvgIpc) is 2.60. The molecule has 0 bridgehead atoms. The number of hydrogen-bond acceptors (Lipinski definition) is 2. The summed E-state index contributed by atoms with van der Waals surface area (Å²) in [6.45, 7) is 13.7. The number of hydrogen-bond donors (Lipinski definition) is 0. The monoisotopic (exact) mass is 362 g/mol. The molecule has 3 rings (SSSR count). The van der Waals surface area contributed by atoms with Crippen molar-refractivity contribution < 1.29 is 9.53 Å². The van der Waals surface area contributed by atoms with E-state index in [1.54, 1.807) is 0 Å². The van der Waals surface area contributed by atoms with Crippen molar-refractivity contribution in [3.63, 3.8) is 0 Å². The summed E-state index contributed by atoms with van der Waals surface area (Å²) in [5.41, 5.74) is 0.0721. The lowest BCUT2D eigenvalue weighted by molar-refractivity contribution is -0.183. The molecule has 0 aromatic carbocycles. The maximum atomic E-state index is 13.2. The van der Waals surface area contributed by atoms with Gasteiger partial charge in [0, 0.05) is 0 Å². The van der Waals surface area contributed by atoms with Crippen molar-refractivity contribution in [1.29, 1.82) is 0 Å². The van der Waals surface area contributed by atoms with Crippen molar-refractivity contribution in [3.05, 3.63) is 0 Å². The Labute approximate surface area is 161 Å². The van der Waals surface area contributed by atoms with Crippen LogP contribution < -0.4 is 0 Å². The lowest BCUT2D eigenvalue weighted by Crippen LogP contribution is -2.56. The highest BCUT2D eigenvalue weighted by molar-refractivity contribution is 5.77. The second-order valence-electron chi connectivity index (χ2n) is 10.7. The molecule has 0 heterocycles. The average molecular weight is 363 g/mol. The molecule has 0 radical (unpaired) electrons. The van der Waals surface area contributed by atoms with Crippen molar-refractivity contribution in [1.82, 2.24) is 0 Å². The fourth-order valence-corrected chi connectivity index (χ4v) is 7.12. The highest BCUT2D eigenvalue weighted by Crippen LogP contribution is 2.64. The van der Waals surface area contributed by atoms with Gasteiger partial charge in [-0.1, -0.05) is 34.1 Å². The molecule has 0 aliphatic heterocycles. The Morgan fingerprint density at radius 3 is 2.46 bits per heavy atom. The Kier molecular flexibility index (Phi) is 5.81. The zero-order chi connectivity index (χ0) is 19.1. The standard InChI is InChI=1S/C24H42O2/c1-7-17(4)26-22(25)24(6)14-8-13-23(5)20-11-9-18(16(2)3)15-19(20)10-12-21(23)24/h16-21H,7-15H2,1-6H3/t17?,18?,19?,20-,21?,23+,24+/m0/s1. The normalized spacial score (nSPS) is 44.1. The van der Waals surface area contributed by atoms with Crippen LogP contribution in [0.4, 0.5) is 0 Å². The fourth-order valence-electron chi connectivity index (χ4n) is 7.12. The molecule has 2 heteroatoms. The molecule has 0 saturated heterocycles. The number of carbonyl (C=O) groups is 1. The minimum Gasteiger partial charge on any atom is -0.462 e. The van der Waals surface area contributed by atoms with E-state index < -0.39 is 0 Å². The molecule has 26 heavy (non-hydrogen) atoms. The first-order valence-electron chi connectivity index (χ1n) is 11.4. The Balaban J connectivity index is 1.81. The van der Waals surface area contributed by atoms with E-state index in [0.717, 1.165) is 36.5 Å². The summed E-state index contributed by atoms with van der Waals surface area (Å²) in [6.07, 6.45) is 11.3. The molecule has 150 valence electrons. The number of fused-ring (bicyclic) bond motifs is 3. The number of esters is 1. The fraction of sp³-hybridized carbons (Fsp3) is 0.958. The van der Waals surface area contributed by atoms with Crippen LogP contribution >= 0.6 is 0 Å². The summed E-state index contributed by atoms with van der Waals surface area (Å²) >= 11 is 0. The summed E-state index contributed by atoms with van der Waals surface area (Å²) in [5.74, 6) is 4.07. The van der Waals surface area contributed by atoms with E-state index in [0.29, 0.717) is 11.3 Å². The van der Waals surface area contributed by atoms with E-state index in [4.69, 9.17) is 4.74 Å². The van der Waals surface area contributed by atoms with Gasteiger partial charge in [0.2, 0.25) is 0 Å². The third-order valence-electron chi connectivity index (χ3n) is 8.97. The van der Waals surface area contributed by atoms with E-state index in [9.17, 15) is 4.79 Å². The van der Waals surface area contributed by atoms with Crippen molar-refractivity contribution >= 4 is 5.97 Å². The van der Waals surface area contributed by atoms with Gasteiger partial charge in [-0.25, -0.2) is 0 Å². The van der Waals surface area contributed by atoms with E-state index in [1.165, 1.54) is 44.9 Å². The van der Waals surface area contributed by atoms with E-state index in [-0.39, 0.29) is 17.5 Å². The lowest BCUT2D eigenvalue weighted by atomic mass is 9.43. The summed E-state index contributed by atoms with van der Waals surface area (Å²) in [4.78, 5) is 13.2. The molecular weight excluding hydrogens is 320 g/mol. The molecule has 4 unspecified atom stereocenters. The molecule has 0 aromatic heterocycles. The van der Waals surface area contributed by atoms with Crippen molar-refractivity contribution in [2.45, 2.75) is 105 Å². The summed E-state index contributed by atoms with van der Waals surface area (Å²) in [7, 11) is 0. The van der Waals surface area contributed by atoms with Crippen LogP contribution in [0.3, 0.4) is 0 Å². The highest BCUT2D eigenvalue weighted by Gasteiger charge is 2.59. The zero-order valence-corrected chi connectivity index (χ0v) is 18.1. The Hall–Kier alpha value is -0.530. The van der Waals surface area contributed by atoms with E-state index >= 15 is 0 Å². The highest BCUT2D eigenvalue weighted by atomic mass is 16.5. The van der Waals surface area contributed by atoms with Gasteiger partial charge in [-0.15, -0.1) is 0 Å². The molecule has 3 aliphatic carbocycles. The van der Waals surface area contributed by atoms with Gasteiger partial charge in [-0.3, -0.25) is 4.79 Å². The topological polar surface area (TPSA) is 26.3 Å². The van der Waals surface area contributed by atoms with Gasteiger partial charge in [-0.2, -0.15) is 0 Å². The summed E-state index contributed by atoms with van der Waals surface area (Å²) in [6, 6.07) is 0. The van der Waals surface area contributed by atoms with Gasteiger partial charge in [0.05, 0.1) is 11.5 Å². The number of carbonyl (C=O) groups excluding carboxylic acids is 1. The maximum Gasteiger partial charge on any atom is 0.312 e. The van der Waals surface area contributed by atoms with Crippen molar-refractivity contribution in [2.24, 2.45) is 40.4 Å². The van der Waals surface area contributed by atoms with Crippen molar-refractivity contribution in [2.75, 3.05) is 0 Å². The SMILES string of the molecule is CCC(C)OC(=O)[C@]1(C)CCC[C@@]2(C)C1CCC1CC(C(C)C)CC[C@@H]12. The molecule has 7 atom stereocenters. The third kappa shape index (κ3) is 3.35. The van der Waals surface area contributed by atoms with Gasteiger partial charge in [0.1, 0.15) is 0 Å². The van der Waals surface area contributed by atoms with Crippen LogP contribution in [-0.4, -0.2) is 12.1 Å². The summed E-state index contributed by atoms with van der Waals surface area (Å²) in [5, 5.41) is 0. The third-order valence-corrected chi connectivity index (χ3v) is 8.97. The van der Waals surface area contributed by atoms with Crippen LogP contribution in [-0.2, 0) is 9.53 Å². The minimum atomic E-state index is -0.268. The number of ether oxygens (including phenoxy) is 1. The van der Waals surface area contributed by atoms with Gasteiger partial charge in [0.15, 0.2) is 0 Å². The van der Waals surface area contributed by atoms with Crippen LogP contribution in [0.1, 0.15) is 99.3 Å². The second kappa shape index (κ2) is 7.47. The second-order valence-corrected chi connectivity index (χ2v) is 10.7. The molecule has 3 fully saturated rings. The Morgan fingerprint density at radius 2 is 1.81 bits per heavy atom. The van der Waals surface area contributed by atoms with E-state index in [1.807, 2.05) is 6.92 Å².